The van der Waals surface area contributed by atoms with Crippen molar-refractivity contribution < 1.29 is 19.4 Å². The Balaban J connectivity index is 1.91. The van der Waals surface area contributed by atoms with Gasteiger partial charge in [-0.05, 0) is 91.0 Å². The van der Waals surface area contributed by atoms with Crippen LogP contribution in [0.1, 0.15) is 87.5 Å². The molecule has 0 saturated carbocycles. The zero-order valence-electron chi connectivity index (χ0n) is 23.4. The largest absolute Gasteiger partial charge is 0.478 e. The van der Waals surface area contributed by atoms with E-state index in [1.807, 2.05) is 6.07 Å². The molecule has 2 N–H and O–H groups in total. The van der Waals surface area contributed by atoms with Crippen LogP contribution < -0.4 is 0 Å². The molecule has 0 fully saturated rings. The summed E-state index contributed by atoms with van der Waals surface area (Å²) in [5, 5.41) is 19.4. The molecule has 0 aliphatic heterocycles. The molecule has 1 unspecified atom stereocenters. The molecule has 1 heterocycles. The van der Waals surface area contributed by atoms with Crippen LogP contribution in [0, 0.1) is 19.3 Å². The van der Waals surface area contributed by atoms with Crippen LogP contribution in [0.3, 0.4) is 0 Å². The zero-order chi connectivity index (χ0) is 27.4. The van der Waals surface area contributed by atoms with Crippen molar-refractivity contribution in [1.82, 2.24) is 0 Å². The average molecular weight is 503 g/mol. The second-order valence-corrected chi connectivity index (χ2v) is 11.3. The van der Waals surface area contributed by atoms with E-state index in [1.54, 1.807) is 6.07 Å². The van der Waals surface area contributed by atoms with Crippen LogP contribution in [0.15, 0.2) is 59.0 Å². The topological polar surface area (TPSA) is 70.7 Å². The van der Waals surface area contributed by atoms with Crippen LogP contribution >= 0.6 is 0 Å². The molecule has 2 aromatic carbocycles. The second-order valence-electron chi connectivity index (χ2n) is 11.3. The van der Waals surface area contributed by atoms with Gasteiger partial charge in [-0.25, -0.2) is 4.79 Å². The summed E-state index contributed by atoms with van der Waals surface area (Å²) in [6.07, 6.45) is 5.81. The molecule has 0 bridgehead atoms. The van der Waals surface area contributed by atoms with Gasteiger partial charge in [0, 0.05) is 17.1 Å². The molecule has 4 heteroatoms. The quantitative estimate of drug-likeness (QED) is 0.275. The monoisotopic (exact) mass is 502 g/mol. The standard InChI is InChI=1S/C33H42O4/c1-8-33(9-2,25-12-10-24(22(3)20-25)11-18-30(34)32(5,6)7)26-13-16-28(23(4)21-26)29-17-14-27(37-29)15-19-31(35)36/h10,12-17,19-21,30,34H,8-9,11,18H2,1-7H3,(H,35,36). The SMILES string of the molecule is CCC(CC)(c1ccc(CCC(O)C(C)(C)C)c(C)c1)c1ccc(-c2ccc(C=CC(=O)O)o2)c(C)c1. The number of hydrogen-bond acceptors (Lipinski definition) is 3. The molecular formula is C33H42O4. The molecule has 1 aromatic heterocycles. The lowest BCUT2D eigenvalue weighted by molar-refractivity contribution is -0.131. The van der Waals surface area contributed by atoms with Crippen LogP contribution in [-0.4, -0.2) is 22.3 Å². The number of benzene rings is 2. The molecule has 3 rings (SSSR count). The van der Waals surface area contributed by atoms with Crippen LogP contribution in [0.4, 0.5) is 0 Å². The minimum atomic E-state index is -1.00. The lowest BCUT2D eigenvalue weighted by atomic mass is 9.69. The fourth-order valence-electron chi connectivity index (χ4n) is 5.21. The van der Waals surface area contributed by atoms with Crippen molar-refractivity contribution in [2.24, 2.45) is 5.41 Å². The van der Waals surface area contributed by atoms with Crippen LogP contribution in [0.5, 0.6) is 0 Å². The third-order valence-corrected chi connectivity index (χ3v) is 7.85. The fraction of sp³-hybridized carbons (Fsp3) is 0.424. The van der Waals surface area contributed by atoms with Gasteiger partial charge in [0.15, 0.2) is 0 Å². The van der Waals surface area contributed by atoms with Crippen molar-refractivity contribution in [3.05, 3.63) is 88.2 Å². The van der Waals surface area contributed by atoms with E-state index >= 15 is 0 Å². The van der Waals surface area contributed by atoms with Crippen LogP contribution in [0.2, 0.25) is 0 Å². The maximum atomic E-state index is 10.8. The lowest BCUT2D eigenvalue weighted by Gasteiger charge is -2.34. The number of aliphatic carboxylic acids is 1. The van der Waals surface area contributed by atoms with E-state index in [-0.39, 0.29) is 16.9 Å². The van der Waals surface area contributed by atoms with Crippen molar-refractivity contribution in [3.8, 4) is 11.3 Å². The average Bonchev–Trinajstić information content (AvgIpc) is 3.31. The Bertz CT molecular complexity index is 1250. The van der Waals surface area contributed by atoms with Gasteiger partial charge in [0.25, 0.3) is 0 Å². The number of carboxylic acids is 1. The zero-order valence-corrected chi connectivity index (χ0v) is 23.4. The molecule has 37 heavy (non-hydrogen) atoms. The number of rotatable bonds is 10. The predicted molar refractivity (Wildman–Crippen MR) is 152 cm³/mol. The Morgan fingerprint density at radius 2 is 1.57 bits per heavy atom. The summed E-state index contributed by atoms with van der Waals surface area (Å²) < 4.78 is 5.89. The van der Waals surface area contributed by atoms with E-state index in [0.29, 0.717) is 5.76 Å². The molecule has 0 amide bonds. The third kappa shape index (κ3) is 6.42. The van der Waals surface area contributed by atoms with E-state index in [4.69, 9.17) is 9.52 Å². The van der Waals surface area contributed by atoms with E-state index in [1.165, 1.54) is 28.3 Å². The van der Waals surface area contributed by atoms with Gasteiger partial charge in [-0.1, -0.05) is 71.0 Å². The van der Waals surface area contributed by atoms with Gasteiger partial charge in [-0.2, -0.15) is 0 Å². The minimum Gasteiger partial charge on any atom is -0.478 e. The molecule has 0 spiro atoms. The summed E-state index contributed by atoms with van der Waals surface area (Å²) >= 11 is 0. The number of aliphatic hydroxyl groups is 1. The molecule has 0 saturated heterocycles. The first-order valence-electron chi connectivity index (χ1n) is 13.3. The number of hydrogen-bond donors (Lipinski definition) is 2. The summed E-state index contributed by atoms with van der Waals surface area (Å²) in [4.78, 5) is 10.8. The molecular weight excluding hydrogens is 460 g/mol. The minimum absolute atomic E-state index is 0.101. The summed E-state index contributed by atoms with van der Waals surface area (Å²) in [5.41, 5.74) is 7.09. The Labute approximate surface area is 222 Å². The van der Waals surface area contributed by atoms with E-state index in [2.05, 4.69) is 84.9 Å². The predicted octanol–water partition coefficient (Wildman–Crippen LogP) is 8.11. The van der Waals surface area contributed by atoms with Crippen molar-refractivity contribution in [1.29, 1.82) is 0 Å². The number of carboxylic acid groups (broad SMARTS) is 1. The summed E-state index contributed by atoms with van der Waals surface area (Å²) in [5.74, 6) is 0.243. The highest BCUT2D eigenvalue weighted by atomic mass is 16.4. The maximum absolute atomic E-state index is 10.8. The van der Waals surface area contributed by atoms with Gasteiger partial charge in [0.05, 0.1) is 6.10 Å². The molecule has 0 aliphatic carbocycles. The van der Waals surface area contributed by atoms with Crippen molar-refractivity contribution in [2.75, 3.05) is 0 Å². The Morgan fingerprint density at radius 1 is 0.946 bits per heavy atom. The van der Waals surface area contributed by atoms with Gasteiger partial charge in [-0.3, -0.25) is 0 Å². The Kier molecular flexibility index (Phi) is 8.86. The van der Waals surface area contributed by atoms with E-state index < -0.39 is 5.97 Å². The summed E-state index contributed by atoms with van der Waals surface area (Å²) in [6, 6.07) is 17.1. The van der Waals surface area contributed by atoms with E-state index in [0.717, 1.165) is 48.6 Å². The number of aliphatic hydroxyl groups excluding tert-OH is 1. The first-order valence-corrected chi connectivity index (χ1v) is 13.3. The number of carbonyl (C=O) groups is 1. The first kappa shape index (κ1) is 28.5. The number of aryl methyl sites for hydroxylation is 3. The fourth-order valence-corrected chi connectivity index (χ4v) is 5.21. The Morgan fingerprint density at radius 3 is 2.11 bits per heavy atom. The maximum Gasteiger partial charge on any atom is 0.328 e. The normalized spacial score (nSPS) is 13.3. The van der Waals surface area contributed by atoms with Gasteiger partial charge in [0.2, 0.25) is 0 Å². The molecule has 0 radical (unpaired) electrons. The molecule has 3 aromatic rings. The van der Waals surface area contributed by atoms with Gasteiger partial charge in [-0.15, -0.1) is 0 Å². The number of furan rings is 1. The van der Waals surface area contributed by atoms with Crippen molar-refractivity contribution in [3.63, 3.8) is 0 Å². The lowest BCUT2D eigenvalue weighted by Crippen LogP contribution is -2.27. The van der Waals surface area contributed by atoms with E-state index in [9.17, 15) is 9.90 Å². The molecule has 198 valence electrons. The van der Waals surface area contributed by atoms with Gasteiger partial charge >= 0.3 is 5.97 Å². The highest BCUT2D eigenvalue weighted by molar-refractivity contribution is 5.84. The molecule has 1 atom stereocenters. The second kappa shape index (κ2) is 11.5. The molecule has 4 nitrogen and oxygen atoms in total. The van der Waals surface area contributed by atoms with Gasteiger partial charge in [0.1, 0.15) is 11.5 Å². The van der Waals surface area contributed by atoms with Gasteiger partial charge < -0.3 is 14.6 Å². The smallest absolute Gasteiger partial charge is 0.328 e. The summed E-state index contributed by atoms with van der Waals surface area (Å²) in [7, 11) is 0. The highest BCUT2D eigenvalue weighted by Gasteiger charge is 2.31. The summed E-state index contributed by atoms with van der Waals surface area (Å²) in [6.45, 7) is 15.0. The first-order chi connectivity index (χ1) is 17.4. The molecule has 0 aliphatic rings. The van der Waals surface area contributed by atoms with Crippen molar-refractivity contribution >= 4 is 12.0 Å². The third-order valence-electron chi connectivity index (χ3n) is 7.85. The van der Waals surface area contributed by atoms with Crippen molar-refractivity contribution in [2.45, 2.75) is 85.7 Å². The Hall–Kier alpha value is -3.11. The van der Waals surface area contributed by atoms with Crippen LogP contribution in [0.25, 0.3) is 17.4 Å². The highest BCUT2D eigenvalue weighted by Crippen LogP contribution is 2.41. The van der Waals surface area contributed by atoms with Crippen LogP contribution in [-0.2, 0) is 16.6 Å².